The molecule has 124 valence electrons. The Kier molecular flexibility index (Phi) is 3.39. The van der Waals surface area contributed by atoms with Gasteiger partial charge in [-0.2, -0.15) is 5.10 Å². The average Bonchev–Trinajstić information content (AvgIpc) is 3.14. The summed E-state index contributed by atoms with van der Waals surface area (Å²) in [5.74, 6) is -0.403. The zero-order valence-electron chi connectivity index (χ0n) is 13.6. The Labute approximate surface area is 144 Å². The van der Waals surface area contributed by atoms with Crippen LogP contribution >= 0.6 is 0 Å². The summed E-state index contributed by atoms with van der Waals surface area (Å²) in [6.45, 7) is 1.68. The molecule has 6 heteroatoms. The molecule has 2 heterocycles. The van der Waals surface area contributed by atoms with Crippen molar-refractivity contribution >= 4 is 29.1 Å². The van der Waals surface area contributed by atoms with Gasteiger partial charge in [-0.15, -0.1) is 5.01 Å². The third kappa shape index (κ3) is 2.39. The van der Waals surface area contributed by atoms with Crippen molar-refractivity contribution in [3.63, 3.8) is 0 Å². The number of carbonyl (C=O) groups is 2. The Balaban J connectivity index is 1.65. The number of urea groups is 1. The molecule has 2 N–H and O–H groups in total. The normalized spacial score (nSPS) is 20.6. The van der Waals surface area contributed by atoms with Crippen molar-refractivity contribution in [3.8, 4) is 0 Å². The number of aromatic nitrogens is 1. The minimum atomic E-state index is -1.12. The molecule has 0 aliphatic carbocycles. The molecule has 1 aliphatic heterocycles. The second kappa shape index (κ2) is 5.59. The van der Waals surface area contributed by atoms with Crippen LogP contribution in [0.1, 0.15) is 18.1 Å². The van der Waals surface area contributed by atoms with Crippen LogP contribution < -0.4 is 5.32 Å². The summed E-state index contributed by atoms with van der Waals surface area (Å²) in [4.78, 5) is 28.2. The fourth-order valence-corrected chi connectivity index (χ4v) is 3.02. The molecule has 1 fully saturated rings. The van der Waals surface area contributed by atoms with Gasteiger partial charge in [-0.1, -0.05) is 48.5 Å². The summed E-state index contributed by atoms with van der Waals surface area (Å²) >= 11 is 0. The first-order valence-corrected chi connectivity index (χ1v) is 7.92. The van der Waals surface area contributed by atoms with Crippen LogP contribution in [-0.4, -0.2) is 28.1 Å². The summed E-state index contributed by atoms with van der Waals surface area (Å²) in [6.07, 6.45) is 3.32. The van der Waals surface area contributed by atoms with E-state index in [1.54, 1.807) is 13.1 Å². The van der Waals surface area contributed by atoms with Crippen LogP contribution in [0.3, 0.4) is 0 Å². The van der Waals surface area contributed by atoms with Gasteiger partial charge in [0.05, 0.1) is 6.21 Å². The number of fused-ring (bicyclic) bond motifs is 1. The van der Waals surface area contributed by atoms with E-state index in [1.165, 1.54) is 6.21 Å². The Bertz CT molecular complexity index is 993. The number of H-pyrrole nitrogens is 1. The molecule has 0 unspecified atom stereocenters. The highest BCUT2D eigenvalue weighted by Gasteiger charge is 2.49. The average molecular weight is 332 g/mol. The van der Waals surface area contributed by atoms with Gasteiger partial charge in [0.2, 0.25) is 0 Å². The van der Waals surface area contributed by atoms with E-state index in [2.05, 4.69) is 15.4 Å². The minimum absolute atomic E-state index is 0.403. The Morgan fingerprint density at radius 2 is 1.76 bits per heavy atom. The van der Waals surface area contributed by atoms with Gasteiger partial charge in [0, 0.05) is 22.7 Å². The fourth-order valence-electron chi connectivity index (χ4n) is 3.02. The number of imide groups is 1. The molecule has 0 bridgehead atoms. The molecule has 0 saturated carbocycles. The quantitative estimate of drug-likeness (QED) is 0.571. The number of aromatic amines is 1. The predicted molar refractivity (Wildman–Crippen MR) is 95.1 cm³/mol. The molecule has 2 aromatic carbocycles. The lowest BCUT2D eigenvalue weighted by Crippen LogP contribution is -2.40. The van der Waals surface area contributed by atoms with Crippen molar-refractivity contribution in [1.82, 2.24) is 15.3 Å². The van der Waals surface area contributed by atoms with Crippen molar-refractivity contribution in [2.24, 2.45) is 5.10 Å². The third-order valence-corrected chi connectivity index (χ3v) is 4.45. The largest absolute Gasteiger partial charge is 0.361 e. The number of hydrazone groups is 1. The number of nitrogens with zero attached hydrogens (tertiary/aromatic N) is 2. The molecule has 1 atom stereocenters. The molecule has 1 aliphatic rings. The van der Waals surface area contributed by atoms with Crippen molar-refractivity contribution in [1.29, 1.82) is 0 Å². The number of nitrogens with one attached hydrogen (secondary N) is 2. The van der Waals surface area contributed by atoms with E-state index in [0.29, 0.717) is 0 Å². The minimum Gasteiger partial charge on any atom is -0.361 e. The first-order valence-electron chi connectivity index (χ1n) is 7.92. The lowest BCUT2D eigenvalue weighted by Gasteiger charge is -2.20. The first-order chi connectivity index (χ1) is 12.1. The smallest absolute Gasteiger partial charge is 0.346 e. The third-order valence-electron chi connectivity index (χ3n) is 4.45. The van der Waals surface area contributed by atoms with E-state index < -0.39 is 17.5 Å². The Morgan fingerprint density at radius 1 is 1.04 bits per heavy atom. The number of hydrogen-bond donors (Lipinski definition) is 2. The van der Waals surface area contributed by atoms with Crippen molar-refractivity contribution in [2.75, 3.05) is 0 Å². The number of amides is 3. The van der Waals surface area contributed by atoms with Crippen LogP contribution in [0.2, 0.25) is 0 Å². The van der Waals surface area contributed by atoms with Crippen molar-refractivity contribution in [3.05, 3.63) is 71.9 Å². The number of para-hydroxylation sites is 1. The number of hydrogen-bond acceptors (Lipinski definition) is 3. The molecule has 25 heavy (non-hydrogen) atoms. The standard InChI is InChI=1S/C19H16N4O2/c1-19(14-7-3-2-4-8-14)17(24)23(18(25)22-19)21-12-13-11-20-16-10-6-5-9-15(13)16/h2-12,20H,1H3,(H,22,25)/b21-12+/t19-/m0/s1. The Hall–Kier alpha value is -3.41. The Morgan fingerprint density at radius 3 is 2.56 bits per heavy atom. The van der Waals surface area contributed by atoms with E-state index in [4.69, 9.17) is 0 Å². The van der Waals surface area contributed by atoms with Gasteiger partial charge >= 0.3 is 6.03 Å². The topological polar surface area (TPSA) is 77.6 Å². The maximum absolute atomic E-state index is 12.8. The van der Waals surface area contributed by atoms with Crippen LogP contribution in [0.25, 0.3) is 10.9 Å². The maximum Gasteiger partial charge on any atom is 0.346 e. The lowest BCUT2D eigenvalue weighted by atomic mass is 9.92. The summed E-state index contributed by atoms with van der Waals surface area (Å²) in [6, 6.07) is 16.4. The van der Waals surface area contributed by atoms with Crippen LogP contribution in [0.15, 0.2) is 65.9 Å². The second-order valence-electron chi connectivity index (χ2n) is 6.07. The zero-order chi connectivity index (χ0) is 17.4. The van der Waals surface area contributed by atoms with E-state index in [0.717, 1.165) is 27.0 Å². The second-order valence-corrected chi connectivity index (χ2v) is 6.07. The van der Waals surface area contributed by atoms with E-state index in [-0.39, 0.29) is 0 Å². The van der Waals surface area contributed by atoms with Crippen molar-refractivity contribution < 1.29 is 9.59 Å². The van der Waals surface area contributed by atoms with Gasteiger partial charge in [-0.25, -0.2) is 4.79 Å². The summed E-state index contributed by atoms with van der Waals surface area (Å²) in [5, 5.41) is 8.71. The molecule has 4 rings (SSSR count). The maximum atomic E-state index is 12.8. The zero-order valence-corrected chi connectivity index (χ0v) is 13.6. The van der Waals surface area contributed by atoms with Crippen molar-refractivity contribution in [2.45, 2.75) is 12.5 Å². The first kappa shape index (κ1) is 15.1. The number of rotatable bonds is 3. The van der Waals surface area contributed by atoms with E-state index in [1.807, 2.05) is 54.6 Å². The highest BCUT2D eigenvalue weighted by molar-refractivity contribution is 6.08. The molecular weight excluding hydrogens is 316 g/mol. The van der Waals surface area contributed by atoms with Gasteiger partial charge in [-0.3, -0.25) is 4.79 Å². The molecule has 1 aromatic heterocycles. The van der Waals surface area contributed by atoms with Crippen LogP contribution in [0, 0.1) is 0 Å². The predicted octanol–water partition coefficient (Wildman–Crippen LogP) is 2.97. The molecule has 6 nitrogen and oxygen atoms in total. The number of carbonyl (C=O) groups excluding carboxylic acids is 2. The molecule has 0 radical (unpaired) electrons. The number of benzene rings is 2. The highest BCUT2D eigenvalue weighted by Crippen LogP contribution is 2.28. The summed E-state index contributed by atoms with van der Waals surface area (Å²) in [5.41, 5.74) is 1.38. The van der Waals surface area contributed by atoms with Gasteiger partial charge in [0.15, 0.2) is 0 Å². The van der Waals surface area contributed by atoms with Gasteiger partial charge < -0.3 is 10.3 Å². The highest BCUT2D eigenvalue weighted by atomic mass is 16.2. The van der Waals surface area contributed by atoms with Crippen LogP contribution in [0.4, 0.5) is 4.79 Å². The van der Waals surface area contributed by atoms with Gasteiger partial charge in [0.1, 0.15) is 5.54 Å². The molecule has 1 saturated heterocycles. The summed E-state index contributed by atoms with van der Waals surface area (Å²) in [7, 11) is 0. The van der Waals surface area contributed by atoms with E-state index in [9.17, 15) is 9.59 Å². The molecule has 3 aromatic rings. The summed E-state index contributed by atoms with van der Waals surface area (Å²) < 4.78 is 0. The fraction of sp³-hybridized carbons (Fsp3) is 0.105. The van der Waals surface area contributed by atoms with Crippen LogP contribution in [-0.2, 0) is 10.3 Å². The molecular formula is C19H16N4O2. The lowest BCUT2D eigenvalue weighted by molar-refractivity contribution is -0.131. The molecule has 3 amide bonds. The van der Waals surface area contributed by atoms with Crippen LogP contribution in [0.5, 0.6) is 0 Å². The van der Waals surface area contributed by atoms with E-state index >= 15 is 0 Å². The SMILES string of the molecule is C[C@@]1(c2ccccc2)NC(=O)N(/N=C/c2c[nH]c3ccccc23)C1=O. The van der Waals surface area contributed by atoms with Gasteiger partial charge in [-0.05, 0) is 18.6 Å². The molecule has 0 spiro atoms. The van der Waals surface area contributed by atoms with Gasteiger partial charge in [0.25, 0.3) is 5.91 Å². The monoisotopic (exact) mass is 332 g/mol.